The van der Waals surface area contributed by atoms with E-state index in [1.807, 2.05) is 17.6 Å². The number of carbonyl (C=O) groups excluding carboxylic acids is 1. The molecule has 1 amide bonds. The fraction of sp³-hybridized carbons (Fsp3) is 0.357. The predicted molar refractivity (Wildman–Crippen MR) is 145 cm³/mol. The summed E-state index contributed by atoms with van der Waals surface area (Å²) in [5, 5.41) is 2.87. The van der Waals surface area contributed by atoms with E-state index < -0.39 is 15.8 Å². The van der Waals surface area contributed by atoms with Crippen LogP contribution in [0.25, 0.3) is 0 Å². The lowest BCUT2D eigenvalue weighted by Crippen LogP contribution is -2.47. The fourth-order valence-corrected chi connectivity index (χ4v) is 6.49. The van der Waals surface area contributed by atoms with Crippen LogP contribution in [0.3, 0.4) is 0 Å². The van der Waals surface area contributed by atoms with Crippen LogP contribution in [0.4, 0.5) is 15.8 Å². The summed E-state index contributed by atoms with van der Waals surface area (Å²) in [6.45, 7) is 4.42. The van der Waals surface area contributed by atoms with Crippen molar-refractivity contribution in [3.8, 4) is 0 Å². The lowest BCUT2D eigenvalue weighted by molar-refractivity contribution is 0.0953. The molecule has 0 radical (unpaired) electrons. The van der Waals surface area contributed by atoms with E-state index >= 15 is 0 Å². The van der Waals surface area contributed by atoms with Gasteiger partial charge in [-0.3, -0.25) is 14.3 Å². The number of pyridine rings is 1. The summed E-state index contributed by atoms with van der Waals surface area (Å²) in [5.41, 5.74) is 2.26. The summed E-state index contributed by atoms with van der Waals surface area (Å²) in [6, 6.07) is 15.0. The highest BCUT2D eigenvalue weighted by molar-refractivity contribution is 7.92. The van der Waals surface area contributed by atoms with E-state index in [0.29, 0.717) is 37.4 Å². The van der Waals surface area contributed by atoms with Gasteiger partial charge in [-0.25, -0.2) is 12.8 Å². The molecule has 200 valence electrons. The Kier molecular flexibility index (Phi) is 7.25. The van der Waals surface area contributed by atoms with Crippen LogP contribution in [-0.2, 0) is 16.6 Å². The van der Waals surface area contributed by atoms with Crippen LogP contribution in [0.2, 0.25) is 0 Å². The number of hydrogen-bond donors (Lipinski definition) is 2. The summed E-state index contributed by atoms with van der Waals surface area (Å²) in [4.78, 5) is 27.3. The molecule has 38 heavy (non-hydrogen) atoms. The second kappa shape index (κ2) is 10.6. The van der Waals surface area contributed by atoms with Gasteiger partial charge >= 0.3 is 0 Å². The van der Waals surface area contributed by atoms with Gasteiger partial charge in [0, 0.05) is 49.4 Å². The number of rotatable bonds is 8. The molecule has 1 fully saturated rings. The van der Waals surface area contributed by atoms with E-state index in [-0.39, 0.29) is 33.9 Å². The quantitative estimate of drug-likeness (QED) is 0.423. The van der Waals surface area contributed by atoms with Gasteiger partial charge in [0.15, 0.2) is 0 Å². The first kappa shape index (κ1) is 26.0. The van der Waals surface area contributed by atoms with Gasteiger partial charge in [0.05, 0.1) is 16.3 Å². The van der Waals surface area contributed by atoms with Crippen molar-refractivity contribution in [2.45, 2.75) is 43.5 Å². The Hall–Kier alpha value is -3.66. The van der Waals surface area contributed by atoms with Crippen molar-refractivity contribution in [3.05, 3.63) is 88.1 Å². The lowest BCUT2D eigenvalue weighted by atomic mass is 9.83. The number of hydrogen-bond acceptors (Lipinski definition) is 5. The number of sulfonamides is 1. The third-order valence-corrected chi connectivity index (χ3v) is 8.64. The highest BCUT2D eigenvalue weighted by Crippen LogP contribution is 2.39. The Morgan fingerprint density at radius 3 is 2.61 bits per heavy atom. The topological polar surface area (TPSA) is 101 Å². The minimum Gasteiger partial charge on any atom is -0.369 e. The number of fused-ring (bicyclic) bond motifs is 4. The maximum Gasteiger partial charge on any atom is 0.261 e. The third kappa shape index (κ3) is 5.31. The zero-order valence-electron chi connectivity index (χ0n) is 21.2. The summed E-state index contributed by atoms with van der Waals surface area (Å²) in [5.74, 6) is -0.472. The van der Waals surface area contributed by atoms with E-state index in [0.717, 1.165) is 37.1 Å². The first-order valence-corrected chi connectivity index (χ1v) is 14.4. The van der Waals surface area contributed by atoms with Gasteiger partial charge in [-0.05, 0) is 67.3 Å². The number of nitrogens with zero attached hydrogens (tertiary/aromatic N) is 2. The number of nitrogens with one attached hydrogen (secondary N) is 2. The second-order valence-electron chi connectivity index (χ2n) is 10.0. The molecule has 0 spiro atoms. The van der Waals surface area contributed by atoms with Crippen molar-refractivity contribution in [2.24, 2.45) is 5.92 Å². The van der Waals surface area contributed by atoms with Gasteiger partial charge in [-0.1, -0.05) is 19.4 Å². The number of amides is 1. The van der Waals surface area contributed by atoms with E-state index in [1.54, 1.807) is 30.3 Å². The van der Waals surface area contributed by atoms with Crippen molar-refractivity contribution in [3.63, 3.8) is 0 Å². The van der Waals surface area contributed by atoms with Crippen molar-refractivity contribution in [1.29, 1.82) is 0 Å². The smallest absolute Gasteiger partial charge is 0.261 e. The average molecular weight is 539 g/mol. The number of halogens is 1. The molecule has 5 rings (SSSR count). The molecular weight excluding hydrogens is 507 g/mol. The van der Waals surface area contributed by atoms with Crippen molar-refractivity contribution >= 4 is 27.3 Å². The summed E-state index contributed by atoms with van der Waals surface area (Å²) >= 11 is 0. The molecule has 0 aliphatic carbocycles. The SMILES string of the molecule is CCCCNC(=O)c1ccc(N2C[C@H]3C[C@@H](C2)c2cccc(=O)n2C3)c(NS(=O)(=O)c2ccc(F)cc2)c1. The number of unbranched alkanes of at least 4 members (excludes halogenated alkanes) is 1. The number of aromatic nitrogens is 1. The fourth-order valence-electron chi connectivity index (χ4n) is 5.43. The van der Waals surface area contributed by atoms with Crippen LogP contribution < -0.4 is 20.5 Å². The van der Waals surface area contributed by atoms with Gasteiger partial charge in [0.25, 0.3) is 21.5 Å². The first-order valence-electron chi connectivity index (χ1n) is 12.9. The zero-order valence-corrected chi connectivity index (χ0v) is 22.0. The zero-order chi connectivity index (χ0) is 26.9. The highest BCUT2D eigenvalue weighted by Gasteiger charge is 2.35. The van der Waals surface area contributed by atoms with Crippen LogP contribution in [0.1, 0.15) is 48.2 Å². The van der Waals surface area contributed by atoms with Gasteiger partial charge in [0.1, 0.15) is 5.82 Å². The monoisotopic (exact) mass is 538 g/mol. The standard InChI is InChI=1S/C28H31FN4O4S/c1-2-3-13-30-28(35)20-7-12-26(24(15-20)31-38(36,37)23-10-8-22(29)9-11-23)32-16-19-14-21(18-32)25-5-4-6-27(34)33(25)17-19/h4-12,15,19,21,31H,2-3,13-14,16-18H2,1H3,(H,30,35)/t19-,21+/m1/s1. The summed E-state index contributed by atoms with van der Waals surface area (Å²) < 4.78 is 44.4. The maximum absolute atomic E-state index is 13.4. The normalized spacial score (nSPS) is 18.5. The molecule has 2 aliphatic heterocycles. The largest absolute Gasteiger partial charge is 0.369 e. The number of anilines is 2. The van der Waals surface area contributed by atoms with Crippen LogP contribution >= 0.6 is 0 Å². The molecular formula is C28H31FN4O4S. The highest BCUT2D eigenvalue weighted by atomic mass is 32.2. The Morgan fingerprint density at radius 1 is 1.05 bits per heavy atom. The molecule has 3 heterocycles. The summed E-state index contributed by atoms with van der Waals surface area (Å²) in [7, 11) is -4.05. The van der Waals surface area contributed by atoms with Crippen molar-refractivity contribution in [1.82, 2.24) is 9.88 Å². The minimum atomic E-state index is -4.05. The average Bonchev–Trinajstić information content (AvgIpc) is 2.89. The van der Waals surface area contributed by atoms with E-state index in [2.05, 4.69) is 14.9 Å². The van der Waals surface area contributed by atoms with Gasteiger partial charge in [0.2, 0.25) is 0 Å². The Bertz CT molecular complexity index is 1500. The Morgan fingerprint density at radius 2 is 1.84 bits per heavy atom. The van der Waals surface area contributed by atoms with Crippen LogP contribution in [0, 0.1) is 11.7 Å². The Balaban J connectivity index is 1.49. The molecule has 0 saturated carbocycles. The molecule has 1 saturated heterocycles. The Labute approximate surface area is 221 Å². The van der Waals surface area contributed by atoms with Gasteiger partial charge in [-0.2, -0.15) is 0 Å². The van der Waals surface area contributed by atoms with Crippen LogP contribution in [0.5, 0.6) is 0 Å². The molecule has 2 atom stereocenters. The van der Waals surface area contributed by atoms with E-state index in [4.69, 9.17) is 0 Å². The van der Waals surface area contributed by atoms with Crippen molar-refractivity contribution in [2.75, 3.05) is 29.3 Å². The summed E-state index contributed by atoms with van der Waals surface area (Å²) in [6.07, 6.45) is 2.73. The molecule has 0 unspecified atom stereocenters. The molecule has 8 nitrogen and oxygen atoms in total. The first-order chi connectivity index (χ1) is 18.2. The van der Waals surface area contributed by atoms with Gasteiger partial charge < -0.3 is 14.8 Å². The third-order valence-electron chi connectivity index (χ3n) is 7.26. The van der Waals surface area contributed by atoms with E-state index in [1.165, 1.54) is 12.1 Å². The molecule has 10 heteroatoms. The minimum absolute atomic E-state index is 0.00293. The maximum atomic E-state index is 13.4. The predicted octanol–water partition coefficient (Wildman–Crippen LogP) is 3.94. The molecule has 3 aromatic rings. The molecule has 2 aromatic carbocycles. The molecule has 2 aliphatic rings. The van der Waals surface area contributed by atoms with Crippen LogP contribution in [-0.4, -0.2) is 38.5 Å². The second-order valence-corrected chi connectivity index (χ2v) is 11.7. The number of piperidine rings is 1. The molecule has 1 aromatic heterocycles. The number of benzene rings is 2. The van der Waals surface area contributed by atoms with Crippen molar-refractivity contribution < 1.29 is 17.6 Å². The molecule has 2 bridgehead atoms. The molecule has 2 N–H and O–H groups in total. The van der Waals surface area contributed by atoms with Crippen LogP contribution in [0.15, 0.2) is 70.4 Å². The lowest BCUT2D eigenvalue weighted by Gasteiger charge is -2.44. The van der Waals surface area contributed by atoms with Gasteiger partial charge in [-0.15, -0.1) is 0 Å². The van der Waals surface area contributed by atoms with E-state index in [9.17, 15) is 22.4 Å². The number of carbonyl (C=O) groups is 1.